The Kier molecular flexibility index (Phi) is 5.98. The molecule has 4 aromatic rings. The fraction of sp³-hybridized carbons (Fsp3) is 0.0800. The predicted molar refractivity (Wildman–Crippen MR) is 118 cm³/mol. The van der Waals surface area contributed by atoms with Gasteiger partial charge in [0.15, 0.2) is 5.58 Å². The average molecular weight is 429 g/mol. The Balaban J connectivity index is 1.61. The largest absolute Gasteiger partial charge is 0.488 e. The molecule has 0 aliphatic rings. The lowest BCUT2D eigenvalue weighted by Gasteiger charge is -2.10. The highest BCUT2D eigenvalue weighted by molar-refractivity contribution is 6.23. The molecule has 0 amide bonds. The molecule has 0 atom stereocenters. The molecule has 32 heavy (non-hydrogen) atoms. The van der Waals surface area contributed by atoms with Gasteiger partial charge in [0.1, 0.15) is 18.1 Å². The fourth-order valence-electron chi connectivity index (χ4n) is 3.21. The van der Waals surface area contributed by atoms with Crippen molar-refractivity contribution >= 4 is 34.6 Å². The van der Waals surface area contributed by atoms with Gasteiger partial charge in [0, 0.05) is 10.9 Å². The van der Waals surface area contributed by atoms with Gasteiger partial charge in [0.2, 0.25) is 0 Å². The second-order valence-corrected chi connectivity index (χ2v) is 6.91. The normalized spacial score (nSPS) is 11.3. The molecule has 0 radical (unpaired) electrons. The van der Waals surface area contributed by atoms with Gasteiger partial charge in [-0.3, -0.25) is 0 Å². The van der Waals surface area contributed by atoms with Crippen molar-refractivity contribution in [2.24, 2.45) is 0 Å². The molecule has 0 aliphatic carbocycles. The smallest absolute Gasteiger partial charge is 0.338 e. The van der Waals surface area contributed by atoms with Crippen molar-refractivity contribution < 1.29 is 28.7 Å². The zero-order valence-electron chi connectivity index (χ0n) is 17.1. The third-order valence-corrected chi connectivity index (χ3v) is 4.85. The number of carbonyl (C=O) groups is 2. The van der Waals surface area contributed by atoms with Crippen molar-refractivity contribution in [2.75, 3.05) is 7.11 Å². The molecule has 0 saturated heterocycles. The van der Waals surface area contributed by atoms with Gasteiger partial charge in [0.25, 0.3) is 0 Å². The van der Waals surface area contributed by atoms with Crippen LogP contribution in [0.3, 0.4) is 0 Å². The minimum atomic E-state index is -1.13. The monoisotopic (exact) mass is 429 g/mol. The van der Waals surface area contributed by atoms with Crippen LogP contribution in [-0.4, -0.2) is 29.3 Å². The van der Waals surface area contributed by atoms with E-state index in [4.69, 9.17) is 14.0 Å². The summed E-state index contributed by atoms with van der Waals surface area (Å²) in [6.45, 7) is 0.238. The van der Waals surface area contributed by atoms with E-state index >= 15 is 0 Å². The summed E-state index contributed by atoms with van der Waals surface area (Å²) < 4.78 is 15.9. The van der Waals surface area contributed by atoms with E-state index < -0.39 is 11.9 Å². The molecule has 160 valence electrons. The minimum absolute atomic E-state index is 0.00608. The molecule has 1 heterocycles. The highest BCUT2D eigenvalue weighted by Crippen LogP contribution is 2.29. The summed E-state index contributed by atoms with van der Waals surface area (Å²) in [5.41, 5.74) is 2.63. The summed E-state index contributed by atoms with van der Waals surface area (Å²) in [5, 5.41) is 14.4. The van der Waals surface area contributed by atoms with Gasteiger partial charge >= 0.3 is 11.9 Å². The van der Waals surface area contributed by atoms with Crippen LogP contribution in [0.4, 0.5) is 0 Å². The van der Waals surface area contributed by atoms with Gasteiger partial charge in [-0.25, -0.2) is 9.59 Å². The van der Waals surface area contributed by atoms with Gasteiger partial charge < -0.3 is 19.1 Å². The van der Waals surface area contributed by atoms with Gasteiger partial charge in [-0.1, -0.05) is 47.6 Å². The maximum Gasteiger partial charge on any atom is 0.338 e. The summed E-state index contributed by atoms with van der Waals surface area (Å²) in [5.74, 6) is -1.03. The number of fused-ring (bicyclic) bond motifs is 1. The standard InChI is InChI=1S/C25H19NO6/c1-30-25(29)17-12-10-16(11-13-17)15-31-21-8-4-2-6-18(21)14-20(24(27)28)23-19-7-3-5-9-22(19)32-26-23/h2-14H,15H2,1H3,(H,27,28)/b20-14-. The summed E-state index contributed by atoms with van der Waals surface area (Å²) in [7, 11) is 1.33. The Labute approximate surface area is 183 Å². The topological polar surface area (TPSA) is 98.9 Å². The van der Waals surface area contributed by atoms with Crippen molar-refractivity contribution in [3.63, 3.8) is 0 Å². The molecule has 0 saturated carbocycles. The summed E-state index contributed by atoms with van der Waals surface area (Å²) in [6.07, 6.45) is 1.52. The lowest BCUT2D eigenvalue weighted by Crippen LogP contribution is -2.03. The Morgan fingerprint density at radius 2 is 1.72 bits per heavy atom. The summed E-state index contributed by atoms with van der Waals surface area (Å²) in [6, 6.07) is 21.1. The number of esters is 1. The van der Waals surface area contributed by atoms with E-state index in [1.165, 1.54) is 13.2 Å². The van der Waals surface area contributed by atoms with E-state index in [1.807, 2.05) is 0 Å². The lowest BCUT2D eigenvalue weighted by atomic mass is 10.0. The van der Waals surface area contributed by atoms with Crippen LogP contribution in [0.25, 0.3) is 22.6 Å². The second kappa shape index (κ2) is 9.18. The van der Waals surface area contributed by atoms with E-state index in [2.05, 4.69) is 5.16 Å². The molecule has 3 aromatic carbocycles. The van der Waals surface area contributed by atoms with Crippen LogP contribution >= 0.6 is 0 Å². The first-order chi connectivity index (χ1) is 15.6. The van der Waals surface area contributed by atoms with Crippen LogP contribution in [-0.2, 0) is 16.1 Å². The SMILES string of the molecule is COC(=O)c1ccc(COc2ccccc2/C=C(\C(=O)O)c2noc3ccccc23)cc1. The van der Waals surface area contributed by atoms with Crippen LogP contribution in [0.1, 0.15) is 27.2 Å². The van der Waals surface area contributed by atoms with Crippen molar-refractivity contribution in [3.8, 4) is 5.75 Å². The number of hydrogen-bond acceptors (Lipinski definition) is 6. The molecule has 1 N–H and O–H groups in total. The van der Waals surface area contributed by atoms with Crippen LogP contribution in [0.5, 0.6) is 5.75 Å². The average Bonchev–Trinajstić information content (AvgIpc) is 3.25. The number of methoxy groups -OCH3 is 1. The molecule has 0 aliphatic heterocycles. The number of aliphatic carboxylic acids is 1. The van der Waals surface area contributed by atoms with E-state index in [0.717, 1.165) is 5.56 Å². The predicted octanol–water partition coefficient (Wildman–Crippen LogP) is 4.82. The number of benzene rings is 3. The summed E-state index contributed by atoms with van der Waals surface area (Å²) in [4.78, 5) is 23.6. The number of hydrogen-bond donors (Lipinski definition) is 1. The summed E-state index contributed by atoms with van der Waals surface area (Å²) >= 11 is 0. The van der Waals surface area contributed by atoms with Crippen molar-refractivity contribution in [3.05, 3.63) is 95.2 Å². The molecule has 7 nitrogen and oxygen atoms in total. The Morgan fingerprint density at radius 1 is 1.00 bits per heavy atom. The Morgan fingerprint density at radius 3 is 2.47 bits per heavy atom. The van der Waals surface area contributed by atoms with Crippen molar-refractivity contribution in [1.29, 1.82) is 0 Å². The highest BCUT2D eigenvalue weighted by Gasteiger charge is 2.19. The zero-order chi connectivity index (χ0) is 22.5. The molecular weight excluding hydrogens is 410 g/mol. The minimum Gasteiger partial charge on any atom is -0.488 e. The number of nitrogens with zero attached hydrogens (tertiary/aromatic N) is 1. The van der Waals surface area contributed by atoms with E-state index in [9.17, 15) is 14.7 Å². The Hall–Kier alpha value is -4.39. The van der Waals surface area contributed by atoms with Crippen LogP contribution in [0.2, 0.25) is 0 Å². The maximum atomic E-state index is 12.0. The number of carboxylic acids is 1. The van der Waals surface area contributed by atoms with Gasteiger partial charge in [-0.05, 0) is 42.0 Å². The van der Waals surface area contributed by atoms with Crippen LogP contribution in [0, 0.1) is 0 Å². The van der Waals surface area contributed by atoms with E-state index in [0.29, 0.717) is 27.8 Å². The van der Waals surface area contributed by atoms with Gasteiger partial charge in [-0.15, -0.1) is 0 Å². The number of para-hydroxylation sites is 2. The number of carbonyl (C=O) groups excluding carboxylic acids is 1. The number of ether oxygens (including phenoxy) is 2. The van der Waals surface area contributed by atoms with E-state index in [-0.39, 0.29) is 17.9 Å². The van der Waals surface area contributed by atoms with E-state index in [1.54, 1.807) is 72.8 Å². The zero-order valence-corrected chi connectivity index (χ0v) is 17.1. The molecular formula is C25H19NO6. The molecule has 0 fully saturated rings. The van der Waals surface area contributed by atoms with Crippen molar-refractivity contribution in [2.45, 2.75) is 6.61 Å². The molecule has 0 unspecified atom stereocenters. The Bertz CT molecular complexity index is 1300. The first kappa shape index (κ1) is 20.9. The number of aromatic nitrogens is 1. The molecule has 7 heteroatoms. The third kappa shape index (κ3) is 4.37. The molecule has 4 rings (SSSR count). The first-order valence-electron chi connectivity index (χ1n) is 9.75. The number of carboxylic acid groups (broad SMARTS) is 1. The second-order valence-electron chi connectivity index (χ2n) is 6.91. The van der Waals surface area contributed by atoms with Crippen LogP contribution < -0.4 is 4.74 Å². The first-order valence-corrected chi connectivity index (χ1v) is 9.75. The molecule has 1 aromatic heterocycles. The lowest BCUT2D eigenvalue weighted by molar-refractivity contribution is -0.130. The third-order valence-electron chi connectivity index (χ3n) is 4.85. The van der Waals surface area contributed by atoms with Gasteiger partial charge in [0.05, 0.1) is 18.2 Å². The fourth-order valence-corrected chi connectivity index (χ4v) is 3.21. The van der Waals surface area contributed by atoms with Crippen LogP contribution in [0.15, 0.2) is 77.3 Å². The molecule has 0 bridgehead atoms. The van der Waals surface area contributed by atoms with Gasteiger partial charge in [-0.2, -0.15) is 0 Å². The number of rotatable bonds is 7. The quantitative estimate of drug-likeness (QED) is 0.332. The van der Waals surface area contributed by atoms with Crippen molar-refractivity contribution in [1.82, 2.24) is 5.16 Å². The maximum absolute atomic E-state index is 12.0. The highest BCUT2D eigenvalue weighted by atomic mass is 16.5. The molecule has 0 spiro atoms.